The number of hydrogen-bond acceptors (Lipinski definition) is 2. The largest absolute Gasteiger partial charge is 0.363 e. The first-order chi connectivity index (χ1) is 7.37. The Bertz CT molecular complexity index is 314. The number of halogens is 1. The molecule has 1 heterocycles. The molecule has 3 nitrogen and oxygen atoms in total. The van der Waals surface area contributed by atoms with Gasteiger partial charge in [0.2, 0.25) is 0 Å². The third-order valence-corrected chi connectivity index (χ3v) is 2.75. The van der Waals surface area contributed by atoms with E-state index in [-0.39, 0.29) is 5.54 Å². The van der Waals surface area contributed by atoms with Gasteiger partial charge < -0.3 is 10.3 Å². The Balaban J connectivity index is 2.23. The number of rotatable bonds is 5. The molecule has 92 valence electrons. The van der Waals surface area contributed by atoms with Gasteiger partial charge in [-0.1, -0.05) is 0 Å². The number of nitrogens with zero attached hydrogens (tertiary/aromatic N) is 1. The first-order valence-electron chi connectivity index (χ1n) is 5.63. The zero-order chi connectivity index (χ0) is 12.2. The van der Waals surface area contributed by atoms with Crippen molar-refractivity contribution in [3.8, 4) is 0 Å². The van der Waals surface area contributed by atoms with E-state index in [4.69, 9.17) is 0 Å². The highest BCUT2D eigenvalue weighted by atomic mass is 79.9. The minimum Gasteiger partial charge on any atom is -0.363 e. The molecule has 0 fully saturated rings. The highest BCUT2D eigenvalue weighted by Gasteiger charge is 2.08. The summed E-state index contributed by atoms with van der Waals surface area (Å²) in [5.41, 5.74) is 1.45. The predicted molar refractivity (Wildman–Crippen MR) is 72.6 cm³/mol. The molecule has 1 aromatic heterocycles. The van der Waals surface area contributed by atoms with Crippen LogP contribution in [0, 0.1) is 0 Å². The Morgan fingerprint density at radius 2 is 2.12 bits per heavy atom. The Morgan fingerprint density at radius 1 is 1.44 bits per heavy atom. The first kappa shape index (κ1) is 13.7. The molecule has 0 bridgehead atoms. The third-order valence-electron chi connectivity index (χ3n) is 2.30. The second kappa shape index (κ2) is 5.84. The quantitative estimate of drug-likeness (QED) is 0.872. The molecular weight excluding hydrogens is 266 g/mol. The van der Waals surface area contributed by atoms with Gasteiger partial charge in [0, 0.05) is 41.5 Å². The second-order valence-electron chi connectivity index (χ2n) is 5.26. The van der Waals surface area contributed by atoms with Gasteiger partial charge in [-0.25, -0.2) is 0 Å². The van der Waals surface area contributed by atoms with Crippen molar-refractivity contribution in [2.75, 3.05) is 20.1 Å². The predicted octanol–water partition coefficient (Wildman–Crippen LogP) is 2.60. The molecule has 0 aromatic carbocycles. The summed E-state index contributed by atoms with van der Waals surface area (Å²) in [7, 11) is 2.14. The van der Waals surface area contributed by atoms with Gasteiger partial charge in [-0.05, 0) is 49.8 Å². The van der Waals surface area contributed by atoms with E-state index in [0.717, 1.165) is 24.1 Å². The van der Waals surface area contributed by atoms with Crippen LogP contribution in [0.5, 0.6) is 0 Å². The zero-order valence-corrected chi connectivity index (χ0v) is 12.2. The van der Waals surface area contributed by atoms with Gasteiger partial charge in [-0.2, -0.15) is 0 Å². The number of aromatic nitrogens is 1. The van der Waals surface area contributed by atoms with E-state index in [1.165, 1.54) is 5.69 Å². The smallest absolute Gasteiger partial charge is 0.0382 e. The third kappa shape index (κ3) is 5.68. The lowest BCUT2D eigenvalue weighted by Gasteiger charge is -2.23. The van der Waals surface area contributed by atoms with Crippen LogP contribution >= 0.6 is 15.9 Å². The minimum absolute atomic E-state index is 0.205. The van der Waals surface area contributed by atoms with Crippen LogP contribution in [0.25, 0.3) is 0 Å². The van der Waals surface area contributed by atoms with E-state index in [1.54, 1.807) is 0 Å². The number of likely N-dealkylation sites (N-methyl/N-ethyl adjacent to an activating group) is 1. The van der Waals surface area contributed by atoms with Gasteiger partial charge in [0.25, 0.3) is 0 Å². The zero-order valence-electron chi connectivity index (χ0n) is 10.6. The van der Waals surface area contributed by atoms with E-state index in [0.29, 0.717) is 0 Å². The summed E-state index contributed by atoms with van der Waals surface area (Å²) in [5.74, 6) is 0. The number of hydrogen-bond donors (Lipinski definition) is 2. The summed E-state index contributed by atoms with van der Waals surface area (Å²) < 4.78 is 1.11. The molecule has 0 unspecified atom stereocenters. The lowest BCUT2D eigenvalue weighted by Crippen LogP contribution is -2.40. The summed E-state index contributed by atoms with van der Waals surface area (Å²) in [4.78, 5) is 5.54. The summed E-state index contributed by atoms with van der Waals surface area (Å²) in [5, 5.41) is 3.48. The van der Waals surface area contributed by atoms with Gasteiger partial charge in [0.1, 0.15) is 0 Å². The van der Waals surface area contributed by atoms with Crippen LogP contribution in [0.4, 0.5) is 0 Å². The van der Waals surface area contributed by atoms with Crippen molar-refractivity contribution >= 4 is 15.9 Å². The highest BCUT2D eigenvalue weighted by Crippen LogP contribution is 2.11. The molecule has 0 spiro atoms. The summed E-state index contributed by atoms with van der Waals surface area (Å²) in [6.07, 6.45) is 1.97. The van der Waals surface area contributed by atoms with Crippen molar-refractivity contribution in [1.29, 1.82) is 0 Å². The number of aromatic amines is 1. The van der Waals surface area contributed by atoms with Gasteiger partial charge >= 0.3 is 0 Å². The van der Waals surface area contributed by atoms with Crippen molar-refractivity contribution in [2.24, 2.45) is 0 Å². The van der Waals surface area contributed by atoms with E-state index in [1.807, 2.05) is 6.20 Å². The molecule has 0 radical (unpaired) electrons. The molecule has 0 aliphatic rings. The summed E-state index contributed by atoms with van der Waals surface area (Å²) >= 11 is 3.44. The molecule has 2 N–H and O–H groups in total. The minimum atomic E-state index is 0.205. The average molecular weight is 288 g/mol. The van der Waals surface area contributed by atoms with Crippen LogP contribution < -0.4 is 5.32 Å². The average Bonchev–Trinajstić information content (AvgIpc) is 2.48. The SMILES string of the molecule is CN(CCNC(C)(C)C)Cc1cc(Br)c[nH]1. The molecule has 0 aliphatic heterocycles. The molecule has 16 heavy (non-hydrogen) atoms. The molecule has 1 rings (SSSR count). The lowest BCUT2D eigenvalue weighted by atomic mass is 10.1. The number of nitrogens with one attached hydrogen (secondary N) is 2. The Morgan fingerprint density at radius 3 is 2.62 bits per heavy atom. The van der Waals surface area contributed by atoms with E-state index >= 15 is 0 Å². The van der Waals surface area contributed by atoms with Gasteiger partial charge in [0.05, 0.1) is 0 Å². The highest BCUT2D eigenvalue weighted by molar-refractivity contribution is 9.10. The standard InChI is InChI=1S/C12H22BrN3/c1-12(2,3)15-5-6-16(4)9-11-7-10(13)8-14-11/h7-8,14-15H,5-6,9H2,1-4H3. The normalized spacial score (nSPS) is 12.4. The second-order valence-corrected chi connectivity index (χ2v) is 6.17. The summed E-state index contributed by atoms with van der Waals surface area (Å²) in [6, 6.07) is 2.12. The Hall–Kier alpha value is -0.320. The maximum atomic E-state index is 3.48. The van der Waals surface area contributed by atoms with Crippen LogP contribution in [-0.2, 0) is 6.54 Å². The molecule has 0 aliphatic carbocycles. The van der Waals surface area contributed by atoms with Gasteiger partial charge in [0.15, 0.2) is 0 Å². The molecule has 0 amide bonds. The Labute approximate surface area is 107 Å². The monoisotopic (exact) mass is 287 g/mol. The van der Waals surface area contributed by atoms with E-state index in [2.05, 4.69) is 65.0 Å². The maximum absolute atomic E-state index is 3.48. The maximum Gasteiger partial charge on any atom is 0.0382 e. The molecule has 4 heteroatoms. The van der Waals surface area contributed by atoms with Gasteiger partial charge in [-0.3, -0.25) is 4.90 Å². The van der Waals surface area contributed by atoms with E-state index < -0.39 is 0 Å². The first-order valence-corrected chi connectivity index (χ1v) is 6.42. The molecular formula is C12H22BrN3. The van der Waals surface area contributed by atoms with Crippen molar-refractivity contribution in [1.82, 2.24) is 15.2 Å². The lowest BCUT2D eigenvalue weighted by molar-refractivity contribution is 0.301. The molecule has 0 saturated heterocycles. The fourth-order valence-corrected chi connectivity index (χ4v) is 1.89. The van der Waals surface area contributed by atoms with Crippen LogP contribution in [-0.4, -0.2) is 35.6 Å². The molecule has 0 atom stereocenters. The fraction of sp³-hybridized carbons (Fsp3) is 0.667. The van der Waals surface area contributed by atoms with Crippen molar-refractivity contribution in [3.63, 3.8) is 0 Å². The van der Waals surface area contributed by atoms with Gasteiger partial charge in [-0.15, -0.1) is 0 Å². The topological polar surface area (TPSA) is 31.1 Å². The van der Waals surface area contributed by atoms with Crippen molar-refractivity contribution < 1.29 is 0 Å². The van der Waals surface area contributed by atoms with Crippen LogP contribution in [0.15, 0.2) is 16.7 Å². The van der Waals surface area contributed by atoms with Crippen LogP contribution in [0.3, 0.4) is 0 Å². The summed E-state index contributed by atoms with van der Waals surface area (Å²) in [6.45, 7) is 9.59. The van der Waals surface area contributed by atoms with Crippen molar-refractivity contribution in [3.05, 3.63) is 22.4 Å². The number of H-pyrrole nitrogens is 1. The van der Waals surface area contributed by atoms with Crippen LogP contribution in [0.2, 0.25) is 0 Å². The Kier molecular flexibility index (Phi) is 5.02. The van der Waals surface area contributed by atoms with Crippen molar-refractivity contribution in [2.45, 2.75) is 32.9 Å². The van der Waals surface area contributed by atoms with E-state index in [9.17, 15) is 0 Å². The van der Waals surface area contributed by atoms with Crippen LogP contribution in [0.1, 0.15) is 26.5 Å². The molecule has 0 saturated carbocycles. The fourth-order valence-electron chi connectivity index (χ4n) is 1.49. The molecule has 1 aromatic rings.